The van der Waals surface area contributed by atoms with E-state index >= 15 is 0 Å². The van der Waals surface area contributed by atoms with Gasteiger partial charge in [0.25, 0.3) is 11.8 Å². The molecule has 0 radical (unpaired) electrons. The van der Waals surface area contributed by atoms with Crippen molar-refractivity contribution in [2.24, 2.45) is 0 Å². The van der Waals surface area contributed by atoms with E-state index in [4.69, 9.17) is 0 Å². The predicted molar refractivity (Wildman–Crippen MR) is 76.5 cm³/mol. The maximum Gasteiger partial charge on any atom is 0.322 e. The molecule has 0 aromatic carbocycles. The number of nitrogens with one attached hydrogen (secondary N) is 2. The van der Waals surface area contributed by atoms with Gasteiger partial charge in [0, 0.05) is 12.7 Å². The zero-order valence-corrected chi connectivity index (χ0v) is 12.6. The molecule has 1 aromatic heterocycles. The number of hydrogen-bond acceptors (Lipinski definition) is 4. The second-order valence-corrected chi connectivity index (χ2v) is 6.00. The number of imide groups is 1. The highest BCUT2D eigenvalue weighted by molar-refractivity contribution is 9.10. The zero-order chi connectivity index (χ0) is 15.0. The number of piperidine rings is 1. The summed E-state index contributed by atoms with van der Waals surface area (Å²) >= 11 is 3.22. The van der Waals surface area contributed by atoms with E-state index < -0.39 is 11.6 Å². The van der Waals surface area contributed by atoms with Gasteiger partial charge in [-0.25, -0.2) is 9.78 Å². The lowest BCUT2D eigenvalue weighted by Crippen LogP contribution is -2.59. The van der Waals surface area contributed by atoms with Crippen LogP contribution in [0, 0.1) is 0 Å². The molecule has 8 heteroatoms. The number of carbonyl (C=O) groups excluding carboxylic acids is 3. The summed E-state index contributed by atoms with van der Waals surface area (Å²) in [4.78, 5) is 41.4. The van der Waals surface area contributed by atoms with Gasteiger partial charge in [0.2, 0.25) is 0 Å². The molecule has 21 heavy (non-hydrogen) atoms. The highest BCUT2D eigenvalue weighted by atomic mass is 79.9. The average Bonchev–Trinajstić information content (AvgIpc) is 2.73. The first-order chi connectivity index (χ1) is 10.00. The molecule has 3 rings (SSSR count). The molecule has 2 aliphatic rings. The zero-order valence-electron chi connectivity index (χ0n) is 11.1. The molecular formula is C13H13BrN4O3. The minimum atomic E-state index is -0.992. The molecule has 2 N–H and O–H groups in total. The number of hydrogen-bond donors (Lipinski definition) is 2. The molecule has 2 fully saturated rings. The van der Waals surface area contributed by atoms with Crippen LogP contribution in [0.5, 0.6) is 0 Å². The lowest BCUT2D eigenvalue weighted by molar-refractivity contribution is -0.125. The van der Waals surface area contributed by atoms with E-state index in [2.05, 4.69) is 31.5 Å². The third-order valence-corrected chi connectivity index (χ3v) is 4.24. The monoisotopic (exact) mass is 352 g/mol. The number of carbonyl (C=O) groups is 3. The van der Waals surface area contributed by atoms with E-state index in [1.54, 1.807) is 17.0 Å². The Morgan fingerprint density at radius 3 is 2.81 bits per heavy atom. The quantitative estimate of drug-likeness (QED) is 0.573. The van der Waals surface area contributed by atoms with Gasteiger partial charge in [0.05, 0.1) is 12.1 Å². The van der Waals surface area contributed by atoms with Crippen molar-refractivity contribution in [3.8, 4) is 0 Å². The van der Waals surface area contributed by atoms with Gasteiger partial charge < -0.3 is 10.2 Å². The van der Waals surface area contributed by atoms with Crippen molar-refractivity contribution < 1.29 is 14.4 Å². The van der Waals surface area contributed by atoms with Crippen LogP contribution >= 0.6 is 15.9 Å². The molecule has 2 saturated heterocycles. The Hall–Kier alpha value is -1.96. The summed E-state index contributed by atoms with van der Waals surface area (Å²) in [5.74, 6) is -0.554. The smallest absolute Gasteiger partial charge is 0.322 e. The summed E-state index contributed by atoms with van der Waals surface area (Å²) in [5, 5.41) is 4.89. The molecule has 3 heterocycles. The van der Waals surface area contributed by atoms with Crippen LogP contribution in [-0.4, -0.2) is 46.4 Å². The summed E-state index contributed by atoms with van der Waals surface area (Å²) in [7, 11) is 0. The normalized spacial score (nSPS) is 24.9. The third-order valence-electron chi connectivity index (χ3n) is 3.77. The fraction of sp³-hybridized carbons (Fsp3) is 0.385. The van der Waals surface area contributed by atoms with E-state index in [0.717, 1.165) is 0 Å². The number of rotatable bonds is 1. The van der Waals surface area contributed by atoms with Gasteiger partial charge in [-0.1, -0.05) is 0 Å². The molecule has 1 atom stereocenters. The van der Waals surface area contributed by atoms with Crippen LogP contribution in [0.1, 0.15) is 23.2 Å². The van der Waals surface area contributed by atoms with Crippen LogP contribution in [0.4, 0.5) is 4.79 Å². The van der Waals surface area contributed by atoms with Gasteiger partial charge in [-0.05, 0) is 40.9 Å². The van der Waals surface area contributed by atoms with E-state index in [-0.39, 0.29) is 18.4 Å². The Bertz CT molecular complexity index is 618. The topological polar surface area (TPSA) is 91.4 Å². The molecule has 110 valence electrons. The molecular weight excluding hydrogens is 340 g/mol. The average molecular weight is 353 g/mol. The van der Waals surface area contributed by atoms with Crippen molar-refractivity contribution in [2.45, 2.75) is 18.4 Å². The fourth-order valence-electron chi connectivity index (χ4n) is 2.73. The Morgan fingerprint density at radius 2 is 2.19 bits per heavy atom. The third kappa shape index (κ3) is 2.51. The van der Waals surface area contributed by atoms with Crippen LogP contribution in [-0.2, 0) is 4.79 Å². The summed E-state index contributed by atoms with van der Waals surface area (Å²) in [6.07, 6.45) is 2.68. The van der Waals surface area contributed by atoms with Gasteiger partial charge >= 0.3 is 6.03 Å². The van der Waals surface area contributed by atoms with Crippen LogP contribution < -0.4 is 10.6 Å². The van der Waals surface area contributed by atoms with Crippen LogP contribution in [0.2, 0.25) is 0 Å². The van der Waals surface area contributed by atoms with Gasteiger partial charge in [-0.2, -0.15) is 0 Å². The van der Waals surface area contributed by atoms with E-state index in [1.165, 1.54) is 6.20 Å². The minimum Gasteiger partial charge on any atom is -0.336 e. The van der Waals surface area contributed by atoms with Gasteiger partial charge in [-0.15, -0.1) is 0 Å². The predicted octanol–water partition coefficient (Wildman–Crippen LogP) is 0.658. The molecule has 2 aliphatic heterocycles. The summed E-state index contributed by atoms with van der Waals surface area (Å²) in [6.45, 7) is 0.735. The summed E-state index contributed by atoms with van der Waals surface area (Å²) in [6, 6.07) is 2.87. The number of urea groups is 1. The second kappa shape index (κ2) is 5.10. The maximum absolute atomic E-state index is 12.5. The second-order valence-electron chi connectivity index (χ2n) is 5.19. The largest absolute Gasteiger partial charge is 0.336 e. The lowest BCUT2D eigenvalue weighted by Gasteiger charge is -2.38. The number of halogens is 1. The van der Waals surface area contributed by atoms with Gasteiger partial charge in [-0.3, -0.25) is 14.9 Å². The van der Waals surface area contributed by atoms with Crippen LogP contribution in [0.15, 0.2) is 22.9 Å². The highest BCUT2D eigenvalue weighted by Crippen LogP contribution is 2.25. The standard InChI is InChI=1S/C13H13BrN4O3/c14-9-3-2-8(6-15-9)10(19)18-5-1-4-13(7-18)11(20)16-12(21)17-13/h2-3,6H,1,4-5,7H2,(H2,16,17,20,21). The Labute approximate surface area is 129 Å². The molecule has 1 aromatic rings. The first kappa shape index (κ1) is 14.0. The molecule has 0 bridgehead atoms. The fourth-order valence-corrected chi connectivity index (χ4v) is 2.96. The molecule has 1 spiro atoms. The molecule has 0 saturated carbocycles. The highest BCUT2D eigenvalue weighted by Gasteiger charge is 2.49. The maximum atomic E-state index is 12.5. The van der Waals surface area contributed by atoms with Gasteiger partial charge in [0.1, 0.15) is 10.1 Å². The van der Waals surface area contributed by atoms with Crippen molar-refractivity contribution in [1.29, 1.82) is 0 Å². The van der Waals surface area contributed by atoms with Crippen LogP contribution in [0.25, 0.3) is 0 Å². The van der Waals surface area contributed by atoms with Crippen molar-refractivity contribution >= 4 is 33.8 Å². The molecule has 1 unspecified atom stereocenters. The lowest BCUT2D eigenvalue weighted by atomic mass is 9.89. The van der Waals surface area contributed by atoms with E-state index in [0.29, 0.717) is 29.6 Å². The number of likely N-dealkylation sites (tertiary alicyclic amines) is 1. The molecule has 4 amide bonds. The van der Waals surface area contributed by atoms with E-state index in [9.17, 15) is 14.4 Å². The number of aromatic nitrogens is 1. The Balaban J connectivity index is 1.80. The SMILES string of the molecule is O=C1NC(=O)C2(CCCN(C(=O)c3ccc(Br)nc3)C2)N1. The first-order valence-electron chi connectivity index (χ1n) is 6.55. The number of amides is 4. The Kier molecular flexibility index (Phi) is 3.40. The van der Waals surface area contributed by atoms with Crippen molar-refractivity contribution in [2.75, 3.05) is 13.1 Å². The first-order valence-corrected chi connectivity index (χ1v) is 7.34. The number of nitrogens with zero attached hydrogens (tertiary/aromatic N) is 2. The summed E-state index contributed by atoms with van der Waals surface area (Å²) < 4.78 is 0.650. The van der Waals surface area contributed by atoms with E-state index in [1.807, 2.05) is 0 Å². The van der Waals surface area contributed by atoms with Crippen LogP contribution in [0.3, 0.4) is 0 Å². The van der Waals surface area contributed by atoms with Gasteiger partial charge in [0.15, 0.2) is 0 Å². The van der Waals surface area contributed by atoms with Crippen molar-refractivity contribution in [3.05, 3.63) is 28.5 Å². The van der Waals surface area contributed by atoms with Crippen molar-refractivity contribution in [1.82, 2.24) is 20.5 Å². The molecule has 0 aliphatic carbocycles. The Morgan fingerprint density at radius 1 is 1.38 bits per heavy atom. The molecule has 7 nitrogen and oxygen atoms in total. The minimum absolute atomic E-state index is 0.180. The number of pyridine rings is 1. The van der Waals surface area contributed by atoms with Crippen molar-refractivity contribution in [3.63, 3.8) is 0 Å². The summed E-state index contributed by atoms with van der Waals surface area (Å²) in [5.41, 5.74) is -0.534.